The number of phenols is 3. The third-order valence-electron chi connectivity index (χ3n) is 9.18. The maximum atomic E-state index is 12.5. The number of methoxy groups -OCH3 is 4. The molecule has 282 valence electrons. The van der Waals surface area contributed by atoms with Gasteiger partial charge in [-0.2, -0.15) is 0 Å². The first-order valence-corrected chi connectivity index (χ1v) is 16.4. The summed E-state index contributed by atoms with van der Waals surface area (Å²) >= 11 is 0. The van der Waals surface area contributed by atoms with Gasteiger partial charge >= 0.3 is 5.97 Å². The van der Waals surface area contributed by atoms with Gasteiger partial charge in [-0.15, -0.1) is 0 Å². The number of hydrogen-bond acceptors (Lipinski definition) is 15. The Bertz CT molecular complexity index is 1690. The summed E-state index contributed by atoms with van der Waals surface area (Å²) in [5, 5.41) is 62.6. The highest BCUT2D eigenvalue weighted by Crippen LogP contribution is 2.46. The molecule has 0 aromatic heterocycles. The van der Waals surface area contributed by atoms with Gasteiger partial charge in [0.2, 0.25) is 5.75 Å². The van der Waals surface area contributed by atoms with Crippen molar-refractivity contribution in [3.05, 3.63) is 71.3 Å². The molecule has 52 heavy (non-hydrogen) atoms. The van der Waals surface area contributed by atoms with Crippen LogP contribution < -0.4 is 18.9 Å². The highest BCUT2D eigenvalue weighted by atomic mass is 16.7. The molecule has 0 aliphatic carbocycles. The number of carbonyl (C=O) groups is 1. The number of esters is 1. The van der Waals surface area contributed by atoms with Gasteiger partial charge in [0.15, 0.2) is 40.8 Å². The molecule has 15 heteroatoms. The van der Waals surface area contributed by atoms with Crippen molar-refractivity contribution in [1.29, 1.82) is 0 Å². The van der Waals surface area contributed by atoms with Crippen LogP contribution in [0.1, 0.15) is 22.8 Å². The van der Waals surface area contributed by atoms with E-state index in [1.165, 1.54) is 52.7 Å². The molecule has 2 fully saturated rings. The van der Waals surface area contributed by atoms with Crippen LogP contribution in [0.4, 0.5) is 0 Å². The van der Waals surface area contributed by atoms with E-state index in [1.54, 1.807) is 30.3 Å². The lowest BCUT2D eigenvalue weighted by molar-refractivity contribution is -0.304. The molecule has 5 rings (SSSR count). The van der Waals surface area contributed by atoms with Gasteiger partial charge in [0.05, 0.1) is 47.8 Å². The van der Waals surface area contributed by atoms with Crippen molar-refractivity contribution in [3.8, 4) is 40.2 Å². The van der Waals surface area contributed by atoms with Gasteiger partial charge < -0.3 is 68.5 Å². The molecule has 15 nitrogen and oxygen atoms in total. The number of aliphatic hydroxyl groups excluding tert-OH is 3. The Labute approximate surface area is 300 Å². The second kappa shape index (κ2) is 17.2. The van der Waals surface area contributed by atoms with Crippen LogP contribution in [0.2, 0.25) is 0 Å². The van der Waals surface area contributed by atoms with Crippen LogP contribution in [0.5, 0.6) is 40.2 Å². The molecule has 0 unspecified atom stereocenters. The zero-order valence-electron chi connectivity index (χ0n) is 29.1. The number of aromatic hydroxyl groups is 3. The Morgan fingerprint density at radius 1 is 0.788 bits per heavy atom. The summed E-state index contributed by atoms with van der Waals surface area (Å²) in [4.78, 5) is 12.5. The summed E-state index contributed by atoms with van der Waals surface area (Å²) in [6.45, 7) is -0.252. The lowest BCUT2D eigenvalue weighted by Gasteiger charge is -2.40. The highest BCUT2D eigenvalue weighted by molar-refractivity contribution is 5.87. The molecule has 3 aromatic carbocycles. The number of phenolic OH excluding ortho intramolecular Hbond substituents is 3. The van der Waals surface area contributed by atoms with Crippen LogP contribution >= 0.6 is 0 Å². The van der Waals surface area contributed by atoms with Crippen molar-refractivity contribution < 1.29 is 73.3 Å². The number of benzene rings is 3. The third kappa shape index (κ3) is 8.63. The highest BCUT2D eigenvalue weighted by Gasteiger charge is 2.46. The summed E-state index contributed by atoms with van der Waals surface area (Å²) < 4.78 is 44.6. The molecule has 0 radical (unpaired) electrons. The first-order chi connectivity index (χ1) is 25.0. The summed E-state index contributed by atoms with van der Waals surface area (Å²) in [5.41, 5.74) is 2.02. The van der Waals surface area contributed by atoms with Crippen molar-refractivity contribution in [3.63, 3.8) is 0 Å². The van der Waals surface area contributed by atoms with Crippen LogP contribution in [0.3, 0.4) is 0 Å². The fourth-order valence-corrected chi connectivity index (χ4v) is 6.30. The van der Waals surface area contributed by atoms with Gasteiger partial charge in [-0.05, 0) is 71.5 Å². The molecule has 3 aromatic rings. The Balaban J connectivity index is 1.31. The molecular weight excluding hydrogens is 684 g/mol. The average Bonchev–Trinajstić information content (AvgIpc) is 3.55. The predicted molar refractivity (Wildman–Crippen MR) is 183 cm³/mol. The minimum absolute atomic E-state index is 0.00610. The molecule has 0 spiro atoms. The molecule has 2 saturated heterocycles. The number of hydrogen-bond donors (Lipinski definition) is 6. The Hall–Kier alpha value is -4.77. The van der Waals surface area contributed by atoms with E-state index in [0.717, 1.165) is 11.6 Å². The van der Waals surface area contributed by atoms with Gasteiger partial charge in [0.25, 0.3) is 0 Å². The maximum Gasteiger partial charge on any atom is 0.330 e. The molecule has 2 aliphatic rings. The first kappa shape index (κ1) is 38.5. The molecule has 6 N–H and O–H groups in total. The largest absolute Gasteiger partial charge is 0.504 e. The molecule has 0 bridgehead atoms. The Morgan fingerprint density at radius 3 is 2.08 bits per heavy atom. The van der Waals surface area contributed by atoms with Crippen molar-refractivity contribution in [2.45, 2.75) is 43.2 Å². The van der Waals surface area contributed by atoms with Gasteiger partial charge in [-0.3, -0.25) is 0 Å². The van der Waals surface area contributed by atoms with Crippen LogP contribution in [0.25, 0.3) is 6.08 Å². The molecular formula is C37H44O15. The van der Waals surface area contributed by atoms with Crippen molar-refractivity contribution in [2.24, 2.45) is 11.8 Å². The summed E-state index contributed by atoms with van der Waals surface area (Å²) in [5.74, 6) is -0.744. The van der Waals surface area contributed by atoms with E-state index >= 15 is 0 Å². The van der Waals surface area contributed by atoms with E-state index in [2.05, 4.69) is 0 Å². The lowest BCUT2D eigenvalue weighted by Crippen LogP contribution is -2.59. The maximum absolute atomic E-state index is 12.5. The van der Waals surface area contributed by atoms with Gasteiger partial charge in [-0.25, -0.2) is 4.79 Å². The van der Waals surface area contributed by atoms with E-state index in [4.69, 9.17) is 37.9 Å². The van der Waals surface area contributed by atoms with Gasteiger partial charge in [-0.1, -0.05) is 12.1 Å². The molecule has 8 atom stereocenters. The molecule has 0 saturated carbocycles. The molecule has 2 aliphatic heterocycles. The monoisotopic (exact) mass is 728 g/mol. The molecule has 0 amide bonds. The summed E-state index contributed by atoms with van der Waals surface area (Å²) in [6.07, 6.45) is -5.19. The van der Waals surface area contributed by atoms with Gasteiger partial charge in [0, 0.05) is 12.0 Å². The number of ether oxygens (including phenoxy) is 8. The van der Waals surface area contributed by atoms with Crippen molar-refractivity contribution in [2.75, 3.05) is 48.3 Å². The predicted octanol–water partition coefficient (Wildman–Crippen LogP) is 2.47. The first-order valence-electron chi connectivity index (χ1n) is 16.4. The van der Waals surface area contributed by atoms with Crippen LogP contribution in [0.15, 0.2) is 54.6 Å². The fraction of sp³-hybridized carbons (Fsp3) is 0.432. The fourth-order valence-electron chi connectivity index (χ4n) is 6.30. The minimum atomic E-state index is -1.69. The Kier molecular flexibility index (Phi) is 12.7. The quantitative estimate of drug-likeness (QED) is 0.104. The third-order valence-corrected chi connectivity index (χ3v) is 9.18. The Morgan fingerprint density at radius 2 is 1.42 bits per heavy atom. The van der Waals surface area contributed by atoms with Crippen molar-refractivity contribution in [1.82, 2.24) is 0 Å². The normalized spacial score (nSPS) is 25.9. The smallest absolute Gasteiger partial charge is 0.330 e. The molecule has 2 heterocycles. The number of carbonyl (C=O) groups excluding carboxylic acids is 1. The summed E-state index contributed by atoms with van der Waals surface area (Å²) in [6, 6.07) is 12.8. The zero-order chi connectivity index (χ0) is 37.5. The van der Waals surface area contributed by atoms with Gasteiger partial charge in [0.1, 0.15) is 31.0 Å². The van der Waals surface area contributed by atoms with Crippen molar-refractivity contribution >= 4 is 12.0 Å². The minimum Gasteiger partial charge on any atom is -0.504 e. The number of rotatable bonds is 14. The van der Waals surface area contributed by atoms with E-state index in [1.807, 2.05) is 0 Å². The van der Waals surface area contributed by atoms with E-state index in [9.17, 15) is 35.4 Å². The topological polar surface area (TPSA) is 212 Å². The van der Waals surface area contributed by atoms with E-state index in [-0.39, 0.29) is 53.6 Å². The average molecular weight is 729 g/mol. The van der Waals surface area contributed by atoms with Crippen LogP contribution in [0, 0.1) is 11.8 Å². The van der Waals surface area contributed by atoms with E-state index in [0.29, 0.717) is 23.3 Å². The SMILES string of the molecule is COc1cc(/C=C/C(=O)OC[C@H]2O[C@@H](OC[C@H]3[C@@H](Cc4ccc(O)c(OC)c4)CO[C@@H]3c3cc(OC)c(O)c(OC)c3)[C@H](O)[C@@H](O)[C@@H]2O)ccc1O. The van der Waals surface area contributed by atoms with Crippen LogP contribution in [-0.4, -0.2) is 116 Å². The van der Waals surface area contributed by atoms with Crippen LogP contribution in [-0.2, 0) is 30.2 Å². The second-order valence-electron chi connectivity index (χ2n) is 12.4. The lowest BCUT2D eigenvalue weighted by atomic mass is 9.84. The standard InChI is InChI=1S/C37H44O15/c1-45-26-12-19(5-8-24(26)38)7-10-31(40)49-18-30-33(42)34(43)35(44)37(52-30)51-17-23-22(11-20-6-9-25(39)27(13-20)46-2)16-50-36(23)21-14-28(47-3)32(41)29(15-21)48-4/h5-10,12-15,22-23,30,33-39,41-44H,11,16-18H2,1-4H3/b10-7+/t22-,23-,30+,33+,34-,35+,36+,37+/m0/s1. The van der Waals surface area contributed by atoms with E-state index < -0.39 is 55.3 Å². The zero-order valence-corrected chi connectivity index (χ0v) is 29.1. The second-order valence-corrected chi connectivity index (χ2v) is 12.4. The number of aliphatic hydroxyl groups is 3. The summed E-state index contributed by atoms with van der Waals surface area (Å²) in [7, 11) is 5.67.